The predicted molar refractivity (Wildman–Crippen MR) is 65.4 cm³/mol. The standard InChI is InChI=1S/C11H22O4Si/c1-6-11(12)14-9-7-8-10(2)15-16(4,5)13-3/h6,10H,1,7-9H2,2-5H3. The van der Waals surface area contributed by atoms with Gasteiger partial charge in [-0.25, -0.2) is 4.79 Å². The summed E-state index contributed by atoms with van der Waals surface area (Å²) in [5.41, 5.74) is 0. The quantitative estimate of drug-likeness (QED) is 0.285. The summed E-state index contributed by atoms with van der Waals surface area (Å²) in [4.78, 5) is 10.7. The first-order chi connectivity index (χ1) is 7.41. The predicted octanol–water partition coefficient (Wildman–Crippen LogP) is 2.25. The zero-order chi connectivity index (χ0) is 12.6. The number of hydrogen-bond acceptors (Lipinski definition) is 4. The molecule has 0 aliphatic heterocycles. The third-order valence-corrected chi connectivity index (χ3v) is 4.10. The molecule has 16 heavy (non-hydrogen) atoms. The molecule has 0 N–H and O–H groups in total. The molecule has 0 aromatic carbocycles. The van der Waals surface area contributed by atoms with Crippen LogP contribution in [0.15, 0.2) is 12.7 Å². The van der Waals surface area contributed by atoms with Crippen LogP contribution in [0.5, 0.6) is 0 Å². The fraction of sp³-hybridized carbons (Fsp3) is 0.727. The van der Waals surface area contributed by atoms with Gasteiger partial charge in [0.15, 0.2) is 0 Å². The highest BCUT2D eigenvalue weighted by molar-refractivity contribution is 6.64. The van der Waals surface area contributed by atoms with Gasteiger partial charge in [-0.3, -0.25) is 0 Å². The Bertz CT molecular complexity index is 228. The number of hydrogen-bond donors (Lipinski definition) is 0. The molecule has 0 aliphatic carbocycles. The summed E-state index contributed by atoms with van der Waals surface area (Å²) in [6.07, 6.45) is 2.93. The van der Waals surface area contributed by atoms with Crippen molar-refractivity contribution in [2.45, 2.75) is 39.0 Å². The van der Waals surface area contributed by atoms with E-state index in [2.05, 4.69) is 6.58 Å². The number of carbonyl (C=O) groups excluding carboxylic acids is 1. The summed E-state index contributed by atoms with van der Waals surface area (Å²) in [5, 5.41) is 0. The molecule has 0 aromatic heterocycles. The molecule has 1 unspecified atom stereocenters. The number of ether oxygens (including phenoxy) is 1. The van der Waals surface area contributed by atoms with E-state index in [4.69, 9.17) is 13.6 Å². The van der Waals surface area contributed by atoms with Crippen LogP contribution in [0.25, 0.3) is 0 Å². The van der Waals surface area contributed by atoms with Crippen molar-refractivity contribution < 1.29 is 18.4 Å². The molecule has 94 valence electrons. The smallest absolute Gasteiger partial charge is 0.331 e. The molecule has 0 radical (unpaired) electrons. The van der Waals surface area contributed by atoms with Crippen molar-refractivity contribution in [2.75, 3.05) is 13.7 Å². The highest BCUT2D eigenvalue weighted by Crippen LogP contribution is 2.12. The van der Waals surface area contributed by atoms with Gasteiger partial charge in [0.05, 0.1) is 6.61 Å². The zero-order valence-corrected chi connectivity index (χ0v) is 11.6. The third-order valence-electron chi connectivity index (χ3n) is 2.14. The molecule has 0 saturated carbocycles. The molecule has 1 atom stereocenters. The van der Waals surface area contributed by atoms with Crippen LogP contribution in [0.2, 0.25) is 13.1 Å². The number of carbonyl (C=O) groups is 1. The van der Waals surface area contributed by atoms with Gasteiger partial charge in [0.2, 0.25) is 0 Å². The van der Waals surface area contributed by atoms with Crippen LogP contribution in [0.3, 0.4) is 0 Å². The lowest BCUT2D eigenvalue weighted by atomic mass is 10.2. The summed E-state index contributed by atoms with van der Waals surface area (Å²) in [5.74, 6) is -0.375. The largest absolute Gasteiger partial charge is 0.463 e. The van der Waals surface area contributed by atoms with Crippen molar-refractivity contribution in [3.63, 3.8) is 0 Å². The van der Waals surface area contributed by atoms with Gasteiger partial charge in [0, 0.05) is 19.3 Å². The van der Waals surface area contributed by atoms with Crippen LogP contribution >= 0.6 is 0 Å². The molecule has 0 aromatic rings. The fourth-order valence-corrected chi connectivity index (χ4v) is 2.38. The van der Waals surface area contributed by atoms with E-state index in [1.807, 2.05) is 20.0 Å². The topological polar surface area (TPSA) is 44.8 Å². The van der Waals surface area contributed by atoms with Crippen molar-refractivity contribution in [1.29, 1.82) is 0 Å². The molecule has 0 heterocycles. The summed E-state index contributed by atoms with van der Waals surface area (Å²) in [6.45, 7) is 9.74. The summed E-state index contributed by atoms with van der Waals surface area (Å²) in [6, 6.07) is 0. The molecule has 0 saturated heterocycles. The second kappa shape index (κ2) is 7.59. The van der Waals surface area contributed by atoms with E-state index < -0.39 is 8.56 Å². The monoisotopic (exact) mass is 246 g/mol. The van der Waals surface area contributed by atoms with Crippen LogP contribution in [0, 0.1) is 0 Å². The molecular weight excluding hydrogens is 224 g/mol. The van der Waals surface area contributed by atoms with Gasteiger partial charge in [-0.15, -0.1) is 0 Å². The lowest BCUT2D eigenvalue weighted by molar-refractivity contribution is -0.137. The van der Waals surface area contributed by atoms with E-state index in [9.17, 15) is 4.79 Å². The highest BCUT2D eigenvalue weighted by Gasteiger charge is 2.25. The molecule has 0 fully saturated rings. The molecule has 0 amide bonds. The van der Waals surface area contributed by atoms with Gasteiger partial charge in [-0.1, -0.05) is 6.58 Å². The minimum Gasteiger partial charge on any atom is -0.463 e. The van der Waals surface area contributed by atoms with E-state index in [-0.39, 0.29) is 12.1 Å². The highest BCUT2D eigenvalue weighted by atomic mass is 28.4. The Hall–Kier alpha value is -0.653. The Balaban J connectivity index is 3.62. The summed E-state index contributed by atoms with van der Waals surface area (Å²) >= 11 is 0. The van der Waals surface area contributed by atoms with Crippen LogP contribution < -0.4 is 0 Å². The molecule has 4 nitrogen and oxygen atoms in total. The first-order valence-corrected chi connectivity index (χ1v) is 8.25. The Morgan fingerprint density at radius 2 is 2.12 bits per heavy atom. The van der Waals surface area contributed by atoms with Crippen LogP contribution in [0.1, 0.15) is 19.8 Å². The lowest BCUT2D eigenvalue weighted by Crippen LogP contribution is -2.36. The van der Waals surface area contributed by atoms with Crippen LogP contribution in [0.4, 0.5) is 0 Å². The molecule has 0 rings (SSSR count). The molecule has 0 aliphatic rings. The maximum Gasteiger partial charge on any atom is 0.331 e. The van der Waals surface area contributed by atoms with E-state index >= 15 is 0 Å². The van der Waals surface area contributed by atoms with Gasteiger partial charge >= 0.3 is 14.5 Å². The van der Waals surface area contributed by atoms with Crippen LogP contribution in [-0.4, -0.2) is 34.4 Å². The van der Waals surface area contributed by atoms with Crippen molar-refractivity contribution in [3.8, 4) is 0 Å². The Labute approximate surface area is 98.8 Å². The normalized spacial score (nSPS) is 13.2. The molecule has 5 heteroatoms. The fourth-order valence-electron chi connectivity index (χ4n) is 1.19. The number of rotatable bonds is 8. The maximum absolute atomic E-state index is 10.7. The van der Waals surface area contributed by atoms with Gasteiger partial charge in [-0.05, 0) is 32.9 Å². The van der Waals surface area contributed by atoms with Gasteiger partial charge in [0.25, 0.3) is 0 Å². The van der Waals surface area contributed by atoms with Gasteiger partial charge in [-0.2, -0.15) is 0 Å². The third kappa shape index (κ3) is 7.61. The summed E-state index contributed by atoms with van der Waals surface area (Å²) < 4.78 is 15.9. The number of esters is 1. The van der Waals surface area contributed by atoms with E-state index in [1.165, 1.54) is 6.08 Å². The molecule has 0 spiro atoms. The van der Waals surface area contributed by atoms with Gasteiger partial charge < -0.3 is 13.6 Å². The van der Waals surface area contributed by atoms with E-state index in [1.54, 1.807) is 7.11 Å². The molecular formula is C11H22O4Si. The first kappa shape index (κ1) is 15.3. The van der Waals surface area contributed by atoms with Crippen molar-refractivity contribution >= 4 is 14.5 Å². The minimum atomic E-state index is -1.95. The first-order valence-electron chi connectivity index (χ1n) is 5.43. The Kier molecular flexibility index (Phi) is 7.28. The maximum atomic E-state index is 10.7. The summed E-state index contributed by atoms with van der Waals surface area (Å²) in [7, 11) is -0.282. The molecule has 0 bridgehead atoms. The Morgan fingerprint density at radius 1 is 1.50 bits per heavy atom. The van der Waals surface area contributed by atoms with E-state index in [0.29, 0.717) is 6.61 Å². The van der Waals surface area contributed by atoms with Gasteiger partial charge in [0.1, 0.15) is 0 Å². The minimum absolute atomic E-state index is 0.129. The van der Waals surface area contributed by atoms with E-state index in [0.717, 1.165) is 12.8 Å². The Morgan fingerprint density at radius 3 is 2.62 bits per heavy atom. The average Bonchev–Trinajstić information content (AvgIpc) is 2.23. The van der Waals surface area contributed by atoms with Crippen LogP contribution in [-0.2, 0) is 18.4 Å². The second-order valence-electron chi connectivity index (χ2n) is 4.05. The van der Waals surface area contributed by atoms with Crippen molar-refractivity contribution in [1.82, 2.24) is 0 Å². The van der Waals surface area contributed by atoms with Crippen molar-refractivity contribution in [2.24, 2.45) is 0 Å². The SMILES string of the molecule is C=CC(=O)OCCCC(C)O[Si](C)(C)OC. The second-order valence-corrected chi connectivity index (χ2v) is 7.49. The lowest BCUT2D eigenvalue weighted by Gasteiger charge is -2.25. The van der Waals surface area contributed by atoms with Crippen molar-refractivity contribution in [3.05, 3.63) is 12.7 Å². The average molecular weight is 246 g/mol. The zero-order valence-electron chi connectivity index (χ0n) is 10.6.